The van der Waals surface area contributed by atoms with E-state index in [1.165, 1.54) is 18.3 Å². The number of nitrogens with one attached hydrogen (secondary N) is 1. The molecule has 86 valence electrons. The minimum Gasteiger partial charge on any atom is -0.479 e. The molecule has 0 aliphatic carbocycles. The maximum atomic E-state index is 11.4. The van der Waals surface area contributed by atoms with Crippen molar-refractivity contribution in [2.24, 2.45) is 0 Å². The highest BCUT2D eigenvalue weighted by Crippen LogP contribution is 2.00. The number of carboxylic acid groups (broad SMARTS) is 1. The van der Waals surface area contributed by atoms with Crippen LogP contribution in [0.2, 0.25) is 0 Å². The first-order chi connectivity index (χ1) is 7.50. The first-order valence-corrected chi connectivity index (χ1v) is 4.41. The van der Waals surface area contributed by atoms with E-state index in [9.17, 15) is 9.59 Å². The van der Waals surface area contributed by atoms with Crippen LogP contribution in [0.25, 0.3) is 0 Å². The van der Waals surface area contributed by atoms with Crippen molar-refractivity contribution in [1.82, 2.24) is 10.3 Å². The first kappa shape index (κ1) is 11.9. The fourth-order valence-corrected chi connectivity index (χ4v) is 0.907. The van der Waals surface area contributed by atoms with Gasteiger partial charge in [-0.2, -0.15) is 0 Å². The molecule has 0 saturated carbocycles. The van der Waals surface area contributed by atoms with Gasteiger partial charge in [0.1, 0.15) is 5.69 Å². The molecule has 0 aliphatic rings. The molecule has 0 fully saturated rings. The normalized spacial score (nSPS) is 11.8. The molecule has 0 bridgehead atoms. The third kappa shape index (κ3) is 3.21. The number of nitrogens with two attached hydrogens (primary N) is 1. The summed E-state index contributed by atoms with van der Waals surface area (Å²) in [5, 5.41) is 19.5. The van der Waals surface area contributed by atoms with Crippen molar-refractivity contribution < 1.29 is 19.8 Å². The van der Waals surface area contributed by atoms with E-state index in [1.807, 2.05) is 0 Å². The van der Waals surface area contributed by atoms with Gasteiger partial charge in [0.2, 0.25) is 0 Å². The Kier molecular flexibility index (Phi) is 3.78. The molecule has 0 spiro atoms. The van der Waals surface area contributed by atoms with Gasteiger partial charge in [-0.3, -0.25) is 4.79 Å². The summed E-state index contributed by atoms with van der Waals surface area (Å²) in [5.41, 5.74) is 5.90. The molecule has 0 aromatic carbocycles. The first-order valence-electron chi connectivity index (χ1n) is 4.41. The SMILES string of the molecule is Nc1ccc(C(=O)NC[C@H](O)C(=O)O)nc1. The van der Waals surface area contributed by atoms with Crippen LogP contribution < -0.4 is 11.1 Å². The molecule has 1 aromatic heterocycles. The Morgan fingerprint density at radius 3 is 2.69 bits per heavy atom. The van der Waals surface area contributed by atoms with Gasteiger partial charge in [0.05, 0.1) is 18.4 Å². The number of amides is 1. The zero-order valence-electron chi connectivity index (χ0n) is 8.25. The largest absolute Gasteiger partial charge is 0.479 e. The number of aliphatic hydroxyl groups is 1. The van der Waals surface area contributed by atoms with Gasteiger partial charge in [-0.1, -0.05) is 0 Å². The van der Waals surface area contributed by atoms with E-state index in [4.69, 9.17) is 15.9 Å². The van der Waals surface area contributed by atoms with E-state index in [-0.39, 0.29) is 12.2 Å². The molecule has 16 heavy (non-hydrogen) atoms. The Bertz CT molecular complexity index is 390. The van der Waals surface area contributed by atoms with Gasteiger partial charge in [0.15, 0.2) is 6.10 Å². The zero-order valence-corrected chi connectivity index (χ0v) is 8.25. The number of nitrogens with zero attached hydrogens (tertiary/aromatic N) is 1. The molecule has 7 nitrogen and oxygen atoms in total. The van der Waals surface area contributed by atoms with Crippen LogP contribution >= 0.6 is 0 Å². The predicted octanol–water partition coefficient (Wildman–Crippen LogP) is -1.16. The van der Waals surface area contributed by atoms with E-state index >= 15 is 0 Å². The second kappa shape index (κ2) is 5.08. The number of aromatic nitrogens is 1. The third-order valence-electron chi connectivity index (χ3n) is 1.76. The van der Waals surface area contributed by atoms with Crippen molar-refractivity contribution in [2.75, 3.05) is 12.3 Å². The van der Waals surface area contributed by atoms with Crippen LogP contribution in [0.5, 0.6) is 0 Å². The summed E-state index contributed by atoms with van der Waals surface area (Å²) in [6.07, 6.45) is -0.319. The summed E-state index contributed by atoms with van der Waals surface area (Å²) in [7, 11) is 0. The zero-order chi connectivity index (χ0) is 12.1. The molecular weight excluding hydrogens is 214 g/mol. The Morgan fingerprint density at radius 2 is 2.19 bits per heavy atom. The maximum Gasteiger partial charge on any atom is 0.334 e. The lowest BCUT2D eigenvalue weighted by Gasteiger charge is -2.07. The summed E-state index contributed by atoms with van der Waals surface area (Å²) in [5.74, 6) is -1.97. The average Bonchev–Trinajstić information content (AvgIpc) is 2.26. The predicted molar refractivity (Wildman–Crippen MR) is 54.6 cm³/mol. The molecule has 1 amide bonds. The summed E-state index contributed by atoms with van der Waals surface area (Å²) in [6, 6.07) is 2.90. The lowest BCUT2D eigenvalue weighted by molar-refractivity contribution is -0.146. The van der Waals surface area contributed by atoms with Crippen LogP contribution in [-0.2, 0) is 4.79 Å². The van der Waals surface area contributed by atoms with Crippen molar-refractivity contribution in [3.63, 3.8) is 0 Å². The monoisotopic (exact) mass is 225 g/mol. The van der Waals surface area contributed by atoms with Gasteiger partial charge in [-0.15, -0.1) is 0 Å². The Morgan fingerprint density at radius 1 is 1.50 bits per heavy atom. The molecule has 0 unspecified atom stereocenters. The van der Waals surface area contributed by atoms with Crippen LogP contribution in [0, 0.1) is 0 Å². The van der Waals surface area contributed by atoms with E-state index in [0.717, 1.165) is 0 Å². The Balaban J connectivity index is 2.53. The number of aliphatic hydroxyl groups excluding tert-OH is 1. The lowest BCUT2D eigenvalue weighted by atomic mass is 10.3. The highest BCUT2D eigenvalue weighted by Gasteiger charge is 2.15. The van der Waals surface area contributed by atoms with Crippen molar-refractivity contribution in [1.29, 1.82) is 0 Å². The molecule has 1 rings (SSSR count). The minimum absolute atomic E-state index is 0.104. The van der Waals surface area contributed by atoms with Crippen molar-refractivity contribution in [3.05, 3.63) is 24.0 Å². The van der Waals surface area contributed by atoms with Crippen LogP contribution in [0.3, 0.4) is 0 Å². The standard InChI is InChI=1S/C9H11N3O4/c10-5-1-2-6(11-3-5)8(14)12-4-7(13)9(15)16/h1-3,7,13H,4,10H2,(H,12,14)(H,15,16)/t7-/m0/s1. The number of anilines is 1. The number of aliphatic carboxylic acids is 1. The minimum atomic E-state index is -1.63. The highest BCUT2D eigenvalue weighted by molar-refractivity contribution is 5.92. The van der Waals surface area contributed by atoms with Gasteiger partial charge in [0, 0.05) is 0 Å². The number of nitrogen functional groups attached to an aromatic ring is 1. The lowest BCUT2D eigenvalue weighted by Crippen LogP contribution is -2.36. The van der Waals surface area contributed by atoms with Gasteiger partial charge in [0.25, 0.3) is 5.91 Å². The molecule has 0 radical (unpaired) electrons. The molecule has 1 atom stereocenters. The summed E-state index contributed by atoms with van der Waals surface area (Å²) < 4.78 is 0. The van der Waals surface area contributed by atoms with Crippen LogP contribution in [0.4, 0.5) is 5.69 Å². The molecule has 5 N–H and O–H groups in total. The number of rotatable bonds is 4. The van der Waals surface area contributed by atoms with Gasteiger partial charge < -0.3 is 21.3 Å². The smallest absolute Gasteiger partial charge is 0.334 e. The van der Waals surface area contributed by atoms with Crippen LogP contribution in [-0.4, -0.2) is 39.7 Å². The number of hydrogen-bond acceptors (Lipinski definition) is 5. The third-order valence-corrected chi connectivity index (χ3v) is 1.76. The fourth-order valence-electron chi connectivity index (χ4n) is 0.907. The van der Waals surface area contributed by atoms with E-state index in [0.29, 0.717) is 5.69 Å². The molecule has 7 heteroatoms. The van der Waals surface area contributed by atoms with Gasteiger partial charge in [-0.25, -0.2) is 9.78 Å². The highest BCUT2D eigenvalue weighted by atomic mass is 16.4. The quantitative estimate of drug-likeness (QED) is 0.512. The topological polar surface area (TPSA) is 126 Å². The number of pyridine rings is 1. The molecule has 0 saturated heterocycles. The van der Waals surface area contributed by atoms with Gasteiger partial charge >= 0.3 is 5.97 Å². The van der Waals surface area contributed by atoms with Crippen LogP contribution in [0.1, 0.15) is 10.5 Å². The second-order valence-corrected chi connectivity index (χ2v) is 3.04. The summed E-state index contributed by atoms with van der Waals surface area (Å²) >= 11 is 0. The van der Waals surface area contributed by atoms with Crippen molar-refractivity contribution in [2.45, 2.75) is 6.10 Å². The number of carbonyl (C=O) groups excluding carboxylic acids is 1. The second-order valence-electron chi connectivity index (χ2n) is 3.04. The number of carboxylic acids is 1. The fraction of sp³-hybridized carbons (Fsp3) is 0.222. The Hall–Kier alpha value is -2.15. The molecule has 1 heterocycles. The number of carbonyl (C=O) groups is 2. The maximum absolute atomic E-state index is 11.4. The summed E-state index contributed by atoms with van der Waals surface area (Å²) in [6.45, 7) is -0.375. The van der Waals surface area contributed by atoms with E-state index in [1.54, 1.807) is 0 Å². The summed E-state index contributed by atoms with van der Waals surface area (Å²) in [4.78, 5) is 25.4. The van der Waals surface area contributed by atoms with Crippen molar-refractivity contribution in [3.8, 4) is 0 Å². The average molecular weight is 225 g/mol. The van der Waals surface area contributed by atoms with E-state index < -0.39 is 18.0 Å². The Labute approximate surface area is 90.9 Å². The van der Waals surface area contributed by atoms with Crippen LogP contribution in [0.15, 0.2) is 18.3 Å². The molecular formula is C9H11N3O4. The van der Waals surface area contributed by atoms with Gasteiger partial charge in [-0.05, 0) is 12.1 Å². The van der Waals surface area contributed by atoms with E-state index in [2.05, 4.69) is 10.3 Å². The van der Waals surface area contributed by atoms with Crippen molar-refractivity contribution >= 4 is 17.6 Å². The molecule has 0 aliphatic heterocycles. The number of hydrogen-bond donors (Lipinski definition) is 4. The molecule has 1 aromatic rings.